The van der Waals surface area contributed by atoms with Crippen LogP contribution in [0.4, 0.5) is 184 Å². The number of allylic oxidation sites excluding steroid dienone is 11. The van der Waals surface area contributed by atoms with Gasteiger partial charge in [0, 0.05) is 5.92 Å². The lowest BCUT2D eigenvalue weighted by Gasteiger charge is -2.45. The fourth-order valence-corrected chi connectivity index (χ4v) is 9.04. The normalized spacial score (nSPS) is 24.8. The van der Waals surface area contributed by atoms with Gasteiger partial charge < -0.3 is 0 Å². The molecule has 0 aliphatic heterocycles. The van der Waals surface area contributed by atoms with E-state index in [9.17, 15) is 184 Å². The fraction of sp³-hybridized carbons (Fsp3) is 0.727. The molecule has 0 N–H and O–H groups in total. The predicted molar refractivity (Wildman–Crippen MR) is 203 cm³/mol. The summed E-state index contributed by atoms with van der Waals surface area (Å²) in [6.45, 7) is 3.66. The average molecular weight is 1360 g/mol. The number of hydrogen-bond acceptors (Lipinski definition) is 0. The standard InChI is InChI=1S/C17H9F21.C12H2F21.C10H12.C5H6/c18-8(19,7-4-5-1-2-6(7)3-5)9(20,21)10(22,23)11(24,25)12(26,27)13(28,29)14(30,31)15(32,33)16(34,35)17(36,37)38;1-2-3(13,14)4(15,16)5(17,18)6(19,20)7(21,22)8(23,24)9(25,26)10(27,28)11(29,30)12(31,32)33;1-2-9-7-4-5-8(6-7)10(9)3-1;1-2-4-5-3-1/h1-2,5-7H,3-4H2;1-2H;1-2,4-5,7-10H,3,6H2;1-4H,5H2/q;+1;;. The summed E-state index contributed by atoms with van der Waals surface area (Å²) in [4.78, 5) is 0. The molecule has 2 fully saturated rings. The number of rotatable bonds is 18. The van der Waals surface area contributed by atoms with Crippen LogP contribution in [-0.4, -0.2) is 119 Å². The Bertz CT molecular complexity index is 2550. The van der Waals surface area contributed by atoms with Crippen LogP contribution in [0.25, 0.3) is 0 Å². The van der Waals surface area contributed by atoms with Crippen molar-refractivity contribution < 1.29 is 184 Å². The quantitative estimate of drug-likeness (QED) is 0.0729. The SMILES string of the molecule is C1=CC2C3C=CC(C3)C2C1.C1=CCC=C1.FC(F)(F)C(F)(F)C(F)(F)C(F)(F)C(F)(F)C(F)(F)C(F)(F)C(F)(F)C(F)(F)C(F)(F)C1CC2C=CC1C2.[CH+]=CC(F)(F)C(F)(F)C(F)(F)C(F)(F)C(F)(F)C(F)(F)C(F)(F)C(F)(F)C(F)(F)C(F)(F)F. The van der Waals surface area contributed by atoms with Crippen LogP contribution in [0.15, 0.2) is 66.8 Å². The fourth-order valence-electron chi connectivity index (χ4n) is 9.04. The first kappa shape index (κ1) is 75.7. The highest BCUT2D eigenvalue weighted by Crippen LogP contribution is 2.70. The summed E-state index contributed by atoms with van der Waals surface area (Å²) < 4.78 is 551. The van der Waals surface area contributed by atoms with Gasteiger partial charge in [-0.05, 0) is 67.6 Å². The maximum atomic E-state index is 14.3. The third kappa shape index (κ3) is 10.5. The Labute approximate surface area is 450 Å². The highest BCUT2D eigenvalue weighted by Gasteiger charge is 3.00. The zero-order valence-corrected chi connectivity index (χ0v) is 40.4. The van der Waals surface area contributed by atoms with Crippen LogP contribution < -0.4 is 0 Å². The molecule has 0 nitrogen and oxygen atoms in total. The van der Waals surface area contributed by atoms with Gasteiger partial charge in [0.15, 0.2) is 0 Å². The highest BCUT2D eigenvalue weighted by atomic mass is 19.5. The summed E-state index contributed by atoms with van der Waals surface area (Å²) in [6, 6.07) is 0. The number of alkyl halides is 42. The van der Waals surface area contributed by atoms with Crippen molar-refractivity contribution in [2.45, 2.75) is 151 Å². The Kier molecular flexibility index (Phi) is 19.2. The molecule has 0 aromatic carbocycles. The molecular formula is C44H29F42+. The topological polar surface area (TPSA) is 0 Å². The van der Waals surface area contributed by atoms with E-state index in [1.807, 2.05) is 0 Å². The largest absolute Gasteiger partial charge is 0.460 e. The van der Waals surface area contributed by atoms with Crippen molar-refractivity contribution in [1.29, 1.82) is 0 Å². The molecule has 0 aromatic rings. The molecule has 0 amide bonds. The number of halogens is 42. The minimum atomic E-state index is -9.16. The van der Waals surface area contributed by atoms with Gasteiger partial charge in [-0.1, -0.05) is 60.8 Å². The van der Waals surface area contributed by atoms with Crippen molar-refractivity contribution in [3.8, 4) is 0 Å². The second-order valence-corrected chi connectivity index (χ2v) is 19.4. The molecule has 7 unspecified atom stereocenters. The van der Waals surface area contributed by atoms with E-state index in [2.05, 4.69) is 55.2 Å². The second-order valence-electron chi connectivity index (χ2n) is 19.4. The van der Waals surface area contributed by atoms with Crippen molar-refractivity contribution in [3.63, 3.8) is 0 Å². The van der Waals surface area contributed by atoms with Crippen LogP contribution in [0.5, 0.6) is 0 Å². The minimum Gasteiger partial charge on any atom is -0.199 e. The molecule has 0 saturated heterocycles. The molecule has 0 heterocycles. The van der Waals surface area contributed by atoms with Gasteiger partial charge in [-0.25, -0.2) is 0 Å². The van der Waals surface area contributed by atoms with Gasteiger partial charge >= 0.3 is 119 Å². The van der Waals surface area contributed by atoms with Crippen LogP contribution in [-0.2, 0) is 0 Å². The van der Waals surface area contributed by atoms with Crippen LogP contribution >= 0.6 is 0 Å². The van der Waals surface area contributed by atoms with Crippen LogP contribution in [0.1, 0.15) is 32.1 Å². The van der Waals surface area contributed by atoms with Crippen molar-refractivity contribution in [3.05, 3.63) is 73.4 Å². The molecule has 498 valence electrons. The van der Waals surface area contributed by atoms with E-state index in [0.717, 1.165) is 36.2 Å². The minimum absolute atomic E-state index is 0.471. The van der Waals surface area contributed by atoms with E-state index in [1.165, 1.54) is 12.8 Å². The van der Waals surface area contributed by atoms with E-state index in [-0.39, 0.29) is 0 Å². The maximum absolute atomic E-state index is 14.3. The molecule has 6 aliphatic rings. The number of hydrogen-bond donors (Lipinski definition) is 0. The zero-order chi connectivity index (χ0) is 68.4. The smallest absolute Gasteiger partial charge is 0.199 e. The average Bonchev–Trinajstić information content (AvgIpc) is 0.866. The number of fused-ring (bicyclic) bond motifs is 7. The van der Waals surface area contributed by atoms with E-state index >= 15 is 0 Å². The van der Waals surface area contributed by atoms with E-state index in [4.69, 9.17) is 0 Å². The predicted octanol–water partition coefficient (Wildman–Crippen LogP) is 19.6. The molecule has 6 aliphatic carbocycles. The van der Waals surface area contributed by atoms with Crippen LogP contribution in [0.2, 0.25) is 0 Å². The Morgan fingerprint density at radius 3 is 0.860 bits per heavy atom. The third-order valence-corrected chi connectivity index (χ3v) is 14.1. The summed E-state index contributed by atoms with van der Waals surface area (Å²) in [5, 5.41) is 0. The van der Waals surface area contributed by atoms with Crippen molar-refractivity contribution >= 4 is 0 Å². The van der Waals surface area contributed by atoms with Crippen LogP contribution in [0.3, 0.4) is 0 Å². The molecule has 0 aromatic heterocycles. The molecule has 42 heteroatoms. The molecular weight excluding hydrogens is 1330 g/mol. The zero-order valence-electron chi connectivity index (χ0n) is 40.4. The molecule has 2 saturated carbocycles. The highest BCUT2D eigenvalue weighted by molar-refractivity contribution is 5.24. The van der Waals surface area contributed by atoms with Gasteiger partial charge in [0.1, 0.15) is 0 Å². The van der Waals surface area contributed by atoms with Crippen molar-refractivity contribution in [2.24, 2.45) is 41.4 Å². The molecule has 6 rings (SSSR count). The van der Waals surface area contributed by atoms with Crippen LogP contribution in [0, 0.1) is 48.0 Å². The summed E-state index contributed by atoms with van der Waals surface area (Å²) >= 11 is 0. The Morgan fingerprint density at radius 1 is 0.291 bits per heavy atom. The monoisotopic (exact) mass is 1360 g/mol. The molecule has 86 heavy (non-hydrogen) atoms. The summed E-state index contributed by atoms with van der Waals surface area (Å²) in [5.41, 5.74) is 0. The first-order chi connectivity index (χ1) is 37.6. The third-order valence-electron chi connectivity index (χ3n) is 14.1. The lowest BCUT2D eigenvalue weighted by atomic mass is 9.80. The Morgan fingerprint density at radius 2 is 0.593 bits per heavy atom. The van der Waals surface area contributed by atoms with E-state index in [0.29, 0.717) is 6.08 Å². The van der Waals surface area contributed by atoms with Gasteiger partial charge in [0.05, 0.1) is 0 Å². The van der Waals surface area contributed by atoms with E-state index < -0.39 is 156 Å². The molecule has 7 atom stereocenters. The lowest BCUT2D eigenvalue weighted by Crippen LogP contribution is -2.77. The van der Waals surface area contributed by atoms with E-state index in [1.54, 1.807) is 0 Å². The van der Waals surface area contributed by atoms with Crippen molar-refractivity contribution in [2.75, 3.05) is 0 Å². The Balaban J connectivity index is 0.000000360. The summed E-state index contributed by atoms with van der Waals surface area (Å²) in [7, 11) is 0. The molecule has 0 radical (unpaired) electrons. The maximum Gasteiger partial charge on any atom is 0.460 e. The molecule has 4 bridgehead atoms. The summed E-state index contributed by atoms with van der Waals surface area (Å²) in [6.07, 6.45) is 4.26. The summed E-state index contributed by atoms with van der Waals surface area (Å²) in [5.74, 6) is -155. The first-order valence-corrected chi connectivity index (χ1v) is 22.4. The van der Waals surface area contributed by atoms with Gasteiger partial charge in [-0.3, -0.25) is 0 Å². The second kappa shape index (κ2) is 21.8. The van der Waals surface area contributed by atoms with Crippen molar-refractivity contribution in [1.82, 2.24) is 0 Å². The van der Waals surface area contributed by atoms with Gasteiger partial charge in [0.2, 0.25) is 12.7 Å². The Hall–Kier alpha value is -4.59. The van der Waals surface area contributed by atoms with Gasteiger partial charge in [0.25, 0.3) is 0 Å². The lowest BCUT2D eigenvalue weighted by molar-refractivity contribution is -0.475. The van der Waals surface area contributed by atoms with Gasteiger partial charge in [-0.2, -0.15) is 184 Å². The first-order valence-electron chi connectivity index (χ1n) is 22.4. The van der Waals surface area contributed by atoms with Gasteiger partial charge in [-0.15, -0.1) is 0 Å². The molecule has 0 spiro atoms.